The highest BCUT2D eigenvalue weighted by molar-refractivity contribution is 5.98. The van der Waals surface area contributed by atoms with E-state index in [2.05, 4.69) is 20.4 Å². The van der Waals surface area contributed by atoms with E-state index in [1.165, 1.54) is 21.2 Å². The van der Waals surface area contributed by atoms with Crippen LogP contribution in [0.1, 0.15) is 34.2 Å². The Morgan fingerprint density at radius 3 is 2.76 bits per heavy atom. The number of halogens is 1. The zero-order chi connectivity index (χ0) is 23.8. The number of rotatable bonds is 6. The zero-order valence-corrected chi connectivity index (χ0v) is 18.2. The van der Waals surface area contributed by atoms with E-state index in [4.69, 9.17) is 0 Å². The number of anilines is 1. The lowest BCUT2D eigenvalue weighted by molar-refractivity contribution is -0.116. The van der Waals surface area contributed by atoms with Crippen molar-refractivity contribution >= 4 is 23.3 Å². The number of hydrogen-bond acceptors (Lipinski definition) is 6. The van der Waals surface area contributed by atoms with E-state index in [1.807, 2.05) is 13.0 Å². The minimum Gasteiger partial charge on any atom is -0.328 e. The van der Waals surface area contributed by atoms with Crippen molar-refractivity contribution in [1.29, 1.82) is 0 Å². The maximum Gasteiger partial charge on any atom is 0.280 e. The number of nitrogens with one attached hydrogen (secondary N) is 1. The first-order valence-corrected chi connectivity index (χ1v) is 10.7. The highest BCUT2D eigenvalue weighted by Gasteiger charge is 2.35. The van der Waals surface area contributed by atoms with Crippen LogP contribution in [0.3, 0.4) is 0 Å². The van der Waals surface area contributed by atoms with Gasteiger partial charge in [0.2, 0.25) is 5.91 Å². The highest BCUT2D eigenvalue weighted by Crippen LogP contribution is 2.24. The summed E-state index contributed by atoms with van der Waals surface area (Å²) < 4.78 is 15.9. The number of nitrogens with zero attached hydrogens (tertiary/aromatic N) is 6. The molecule has 4 aromatic rings. The third-order valence-electron chi connectivity index (χ3n) is 5.62. The van der Waals surface area contributed by atoms with Crippen LogP contribution in [0.25, 0.3) is 5.65 Å². The Bertz CT molecular complexity index is 1460. The van der Waals surface area contributed by atoms with E-state index in [0.29, 0.717) is 17.8 Å². The summed E-state index contributed by atoms with van der Waals surface area (Å²) in [6.45, 7) is 2.01. The Morgan fingerprint density at radius 2 is 2.06 bits per heavy atom. The van der Waals surface area contributed by atoms with Gasteiger partial charge in [-0.15, -0.1) is 0 Å². The van der Waals surface area contributed by atoms with Gasteiger partial charge < -0.3 is 14.8 Å². The summed E-state index contributed by atoms with van der Waals surface area (Å²) in [5.41, 5.74) is 1.88. The van der Waals surface area contributed by atoms with Crippen molar-refractivity contribution in [2.45, 2.75) is 33.0 Å². The number of aryl methyl sites for hydroxylation is 1. The Balaban J connectivity index is 1.54. The summed E-state index contributed by atoms with van der Waals surface area (Å²) >= 11 is 0. The Kier molecular flexibility index (Phi) is 5.36. The van der Waals surface area contributed by atoms with Crippen molar-refractivity contribution in [2.75, 3.05) is 5.32 Å². The molecule has 0 unspecified atom stereocenters. The van der Waals surface area contributed by atoms with Crippen molar-refractivity contribution in [3.05, 3.63) is 87.6 Å². The predicted molar refractivity (Wildman–Crippen MR) is 119 cm³/mol. The lowest BCUT2D eigenvalue weighted by Gasteiger charge is -2.16. The monoisotopic (exact) mass is 461 g/mol. The number of aromatic nitrogens is 5. The minimum absolute atomic E-state index is 0.0975. The van der Waals surface area contributed by atoms with Crippen LogP contribution in [0.5, 0.6) is 0 Å². The van der Waals surface area contributed by atoms with Gasteiger partial charge in [0.25, 0.3) is 11.5 Å². The molecule has 10 nitrogen and oxygen atoms in total. The molecule has 1 aliphatic rings. The maximum atomic E-state index is 13.4. The van der Waals surface area contributed by atoms with E-state index >= 15 is 0 Å². The van der Waals surface area contributed by atoms with Crippen molar-refractivity contribution in [3.8, 4) is 0 Å². The fraction of sp³-hybridized carbons (Fsp3) is 0.217. The lowest BCUT2D eigenvalue weighted by atomic mass is 10.2. The summed E-state index contributed by atoms with van der Waals surface area (Å²) in [6, 6.07) is 7.84. The minimum atomic E-state index is -0.524. The van der Waals surface area contributed by atoms with Crippen LogP contribution in [-0.4, -0.2) is 40.9 Å². The lowest BCUT2D eigenvalue weighted by Crippen LogP contribution is -2.30. The van der Waals surface area contributed by atoms with Crippen LogP contribution in [0.15, 0.2) is 53.7 Å². The van der Waals surface area contributed by atoms with Gasteiger partial charge in [0.05, 0.1) is 24.0 Å². The molecule has 4 aromatic heterocycles. The first kappa shape index (κ1) is 21.4. The van der Waals surface area contributed by atoms with Gasteiger partial charge >= 0.3 is 0 Å². The van der Waals surface area contributed by atoms with Gasteiger partial charge in [0.15, 0.2) is 0 Å². The predicted octanol–water partition coefficient (Wildman–Crippen LogP) is 1.78. The molecule has 0 saturated heterocycles. The number of carbonyl (C=O) groups is 2. The highest BCUT2D eigenvalue weighted by atomic mass is 19.1. The average Bonchev–Trinajstić information content (AvgIpc) is 3.41. The van der Waals surface area contributed by atoms with E-state index in [9.17, 15) is 18.8 Å². The maximum absolute atomic E-state index is 13.4. The third kappa shape index (κ3) is 3.81. The van der Waals surface area contributed by atoms with Crippen molar-refractivity contribution in [1.82, 2.24) is 29.0 Å². The summed E-state index contributed by atoms with van der Waals surface area (Å²) in [5, 5.41) is 6.96. The fourth-order valence-electron chi connectivity index (χ4n) is 4.01. The van der Waals surface area contributed by atoms with Crippen LogP contribution in [0, 0.1) is 5.82 Å². The zero-order valence-electron chi connectivity index (χ0n) is 18.2. The molecule has 1 aliphatic heterocycles. The van der Waals surface area contributed by atoms with Crippen LogP contribution < -0.4 is 10.9 Å². The Morgan fingerprint density at radius 1 is 1.21 bits per heavy atom. The number of amides is 2. The molecule has 0 radical (unpaired) electrons. The first-order chi connectivity index (χ1) is 16.4. The van der Waals surface area contributed by atoms with E-state index in [0.717, 1.165) is 11.8 Å². The summed E-state index contributed by atoms with van der Waals surface area (Å²) in [6.07, 6.45) is 4.88. The molecule has 0 saturated carbocycles. The number of fused-ring (bicyclic) bond motifs is 2. The molecule has 2 amide bonds. The Hall–Kier alpha value is -4.41. The molecule has 0 aromatic carbocycles. The van der Waals surface area contributed by atoms with Crippen LogP contribution in [0.4, 0.5) is 10.2 Å². The molecule has 5 heterocycles. The van der Waals surface area contributed by atoms with Crippen LogP contribution in [-0.2, 0) is 30.8 Å². The summed E-state index contributed by atoms with van der Waals surface area (Å²) in [7, 11) is 0. The van der Waals surface area contributed by atoms with E-state index in [1.54, 1.807) is 29.4 Å². The largest absolute Gasteiger partial charge is 0.328 e. The van der Waals surface area contributed by atoms with E-state index < -0.39 is 11.7 Å². The summed E-state index contributed by atoms with van der Waals surface area (Å²) in [5.74, 6) is -1.19. The average molecular weight is 461 g/mol. The van der Waals surface area contributed by atoms with Gasteiger partial charge in [-0.05, 0) is 30.2 Å². The first-order valence-electron chi connectivity index (χ1n) is 10.7. The molecule has 0 bridgehead atoms. The molecular weight excluding hydrogens is 441 g/mol. The molecule has 0 spiro atoms. The van der Waals surface area contributed by atoms with Gasteiger partial charge in [-0.2, -0.15) is 9.61 Å². The molecule has 0 atom stereocenters. The van der Waals surface area contributed by atoms with Crippen LogP contribution >= 0.6 is 0 Å². The third-order valence-corrected chi connectivity index (χ3v) is 5.62. The molecule has 0 aliphatic carbocycles. The van der Waals surface area contributed by atoms with Crippen LogP contribution in [0.2, 0.25) is 0 Å². The number of hydrogen-bond donors (Lipinski definition) is 1. The standard InChI is InChI=1S/C23H20FN7O3/c1-2-16-8-20-30(13-19(32)27-18-6-5-15(24)10-26-18)21-17(22(33)31(20)28-16)12-29(23(21)34)11-14-4-3-7-25-9-14/h3-10H,2,11-13H2,1H3,(H,26,27,32). The normalized spacial score (nSPS) is 12.9. The van der Waals surface area contributed by atoms with Crippen molar-refractivity contribution in [2.24, 2.45) is 0 Å². The van der Waals surface area contributed by atoms with Gasteiger partial charge in [0.1, 0.15) is 29.5 Å². The van der Waals surface area contributed by atoms with Gasteiger partial charge in [-0.25, -0.2) is 9.37 Å². The quantitative estimate of drug-likeness (QED) is 0.468. The number of pyridine rings is 2. The SMILES string of the molecule is CCc1cc2n(CC(=O)Nc3ccc(F)cn3)c3c(c(=O)n2n1)CN(Cc1cccnc1)C3=O. The summed E-state index contributed by atoms with van der Waals surface area (Å²) in [4.78, 5) is 48.9. The van der Waals surface area contributed by atoms with Crippen molar-refractivity contribution in [3.63, 3.8) is 0 Å². The number of carbonyl (C=O) groups excluding carboxylic acids is 2. The molecule has 11 heteroatoms. The van der Waals surface area contributed by atoms with E-state index in [-0.39, 0.29) is 48.2 Å². The fourth-order valence-corrected chi connectivity index (χ4v) is 4.01. The van der Waals surface area contributed by atoms with Gasteiger partial charge in [0, 0.05) is 25.0 Å². The second-order valence-electron chi connectivity index (χ2n) is 7.91. The molecule has 34 heavy (non-hydrogen) atoms. The Labute approximate surface area is 192 Å². The molecule has 0 fully saturated rings. The molecule has 172 valence electrons. The molecule has 5 rings (SSSR count). The van der Waals surface area contributed by atoms with Gasteiger partial charge in [-0.3, -0.25) is 19.4 Å². The van der Waals surface area contributed by atoms with Gasteiger partial charge in [-0.1, -0.05) is 13.0 Å². The topological polar surface area (TPSA) is 114 Å². The molecular formula is C23H20FN7O3. The van der Waals surface area contributed by atoms with Crippen molar-refractivity contribution < 1.29 is 14.0 Å². The second-order valence-corrected chi connectivity index (χ2v) is 7.91. The second kappa shape index (κ2) is 8.50. The molecule has 1 N–H and O–H groups in total. The smallest absolute Gasteiger partial charge is 0.280 e.